The Balaban J connectivity index is 0. The van der Waals surface area contributed by atoms with E-state index in [0.29, 0.717) is 6.04 Å². The molecule has 0 radical (unpaired) electrons. The maximum absolute atomic E-state index is 5.99. The highest BCUT2D eigenvalue weighted by Gasteiger charge is 2.11. The zero-order chi connectivity index (χ0) is 8.97. The van der Waals surface area contributed by atoms with Crippen molar-refractivity contribution in [2.45, 2.75) is 19.0 Å². The third-order valence-corrected chi connectivity index (χ3v) is 2.18. The van der Waals surface area contributed by atoms with Crippen LogP contribution in [0.5, 0.6) is 0 Å². The molecule has 0 amide bonds. The molecule has 4 heteroatoms. The zero-order valence-corrected chi connectivity index (χ0v) is 10.1. The number of nitrogens with one attached hydrogen (secondary N) is 1. The normalized spacial score (nSPS) is 13.4. The van der Waals surface area contributed by atoms with Crippen LogP contribution >= 0.6 is 24.8 Å². The van der Waals surface area contributed by atoms with Crippen LogP contribution in [0.15, 0.2) is 30.3 Å². The number of likely N-dealkylation sites (N-methyl/N-ethyl adjacent to an activating group) is 1. The largest absolute Gasteiger partial charge is 0.323 e. The van der Waals surface area contributed by atoms with E-state index in [1.165, 1.54) is 5.56 Å². The monoisotopic (exact) mass is 236 g/mol. The highest BCUT2D eigenvalue weighted by molar-refractivity contribution is 5.85. The molecule has 2 unspecified atom stereocenters. The summed E-state index contributed by atoms with van der Waals surface area (Å²) in [5.74, 6) is 0. The Morgan fingerprint density at radius 2 is 1.64 bits per heavy atom. The van der Waals surface area contributed by atoms with E-state index in [9.17, 15) is 0 Å². The third kappa shape index (κ3) is 4.29. The van der Waals surface area contributed by atoms with Crippen molar-refractivity contribution >= 4 is 24.8 Å². The lowest BCUT2D eigenvalue weighted by Crippen LogP contribution is -2.34. The van der Waals surface area contributed by atoms with Crippen molar-refractivity contribution in [3.8, 4) is 0 Å². The predicted molar refractivity (Wildman–Crippen MR) is 66.4 cm³/mol. The first-order chi connectivity index (χ1) is 5.75. The number of halogens is 2. The first kappa shape index (κ1) is 16.2. The molecule has 0 aromatic heterocycles. The quantitative estimate of drug-likeness (QED) is 0.845. The van der Waals surface area contributed by atoms with Crippen molar-refractivity contribution in [1.29, 1.82) is 0 Å². The van der Waals surface area contributed by atoms with Crippen molar-refractivity contribution in [2.24, 2.45) is 5.73 Å². The fourth-order valence-corrected chi connectivity index (χ4v) is 1.14. The van der Waals surface area contributed by atoms with Crippen LogP contribution in [0.25, 0.3) is 0 Å². The molecule has 3 N–H and O–H groups in total. The van der Waals surface area contributed by atoms with E-state index in [0.717, 1.165) is 0 Å². The number of hydrogen-bond acceptors (Lipinski definition) is 2. The summed E-state index contributed by atoms with van der Waals surface area (Å²) in [4.78, 5) is 0. The van der Waals surface area contributed by atoms with E-state index < -0.39 is 0 Å². The molecule has 1 aromatic carbocycles. The Kier molecular flexibility index (Phi) is 9.31. The lowest BCUT2D eigenvalue weighted by Gasteiger charge is -2.19. The van der Waals surface area contributed by atoms with Crippen LogP contribution in [0.2, 0.25) is 0 Å². The molecular weight excluding hydrogens is 219 g/mol. The summed E-state index contributed by atoms with van der Waals surface area (Å²) in [6.07, 6.45) is 0. The predicted octanol–water partition coefficient (Wildman–Crippen LogP) is 2.14. The highest BCUT2D eigenvalue weighted by Crippen LogP contribution is 2.12. The van der Waals surface area contributed by atoms with Gasteiger partial charge in [0.1, 0.15) is 0 Å². The van der Waals surface area contributed by atoms with Gasteiger partial charge in [0, 0.05) is 12.1 Å². The van der Waals surface area contributed by atoms with Crippen LogP contribution in [0.4, 0.5) is 0 Å². The average molecular weight is 237 g/mol. The minimum atomic E-state index is 0. The molecule has 82 valence electrons. The molecule has 0 heterocycles. The molecule has 0 spiro atoms. The summed E-state index contributed by atoms with van der Waals surface area (Å²) in [6.45, 7) is 2.08. The van der Waals surface area contributed by atoms with Crippen LogP contribution in [0, 0.1) is 0 Å². The summed E-state index contributed by atoms with van der Waals surface area (Å²) in [5.41, 5.74) is 7.17. The molecule has 0 saturated heterocycles. The fourth-order valence-electron chi connectivity index (χ4n) is 1.14. The summed E-state index contributed by atoms with van der Waals surface area (Å²) in [5, 5.41) is 3.14. The van der Waals surface area contributed by atoms with Gasteiger partial charge in [-0.05, 0) is 19.5 Å². The summed E-state index contributed by atoms with van der Waals surface area (Å²) in [6, 6.07) is 10.5. The fraction of sp³-hybridized carbons (Fsp3) is 0.400. The second-order valence-electron chi connectivity index (χ2n) is 3.01. The Morgan fingerprint density at radius 3 is 2.07 bits per heavy atom. The van der Waals surface area contributed by atoms with Gasteiger partial charge in [-0.15, -0.1) is 24.8 Å². The molecule has 2 nitrogen and oxygen atoms in total. The third-order valence-electron chi connectivity index (χ3n) is 2.18. The van der Waals surface area contributed by atoms with Crippen LogP contribution in [-0.4, -0.2) is 13.1 Å². The average Bonchev–Trinajstić information content (AvgIpc) is 2.17. The maximum atomic E-state index is 5.99. The van der Waals surface area contributed by atoms with Crippen molar-refractivity contribution < 1.29 is 0 Å². The smallest absolute Gasteiger partial charge is 0.0448 e. The summed E-state index contributed by atoms with van der Waals surface area (Å²) >= 11 is 0. The van der Waals surface area contributed by atoms with Crippen LogP contribution < -0.4 is 11.1 Å². The second kappa shape index (κ2) is 8.06. The lowest BCUT2D eigenvalue weighted by atomic mass is 10.0. The second-order valence-corrected chi connectivity index (χ2v) is 3.01. The van der Waals surface area contributed by atoms with E-state index in [1.807, 2.05) is 25.2 Å². The lowest BCUT2D eigenvalue weighted by molar-refractivity contribution is 0.507. The highest BCUT2D eigenvalue weighted by atomic mass is 35.5. The van der Waals surface area contributed by atoms with Gasteiger partial charge in [-0.25, -0.2) is 0 Å². The molecule has 2 atom stereocenters. The van der Waals surface area contributed by atoms with Crippen molar-refractivity contribution in [2.75, 3.05) is 7.05 Å². The van der Waals surface area contributed by atoms with Gasteiger partial charge >= 0.3 is 0 Å². The number of hydrogen-bond donors (Lipinski definition) is 2. The number of rotatable bonds is 3. The van der Waals surface area contributed by atoms with E-state index in [-0.39, 0.29) is 30.9 Å². The molecule has 0 aliphatic carbocycles. The van der Waals surface area contributed by atoms with Gasteiger partial charge in [0.2, 0.25) is 0 Å². The molecule has 0 aliphatic heterocycles. The minimum absolute atomic E-state index is 0. The standard InChI is InChI=1S/C10H16N2.2ClH/c1-8(12-2)10(11)9-6-4-3-5-7-9;;/h3-8,10,12H,11H2,1-2H3;2*1H. The van der Waals surface area contributed by atoms with Crippen molar-refractivity contribution in [1.82, 2.24) is 5.32 Å². The van der Waals surface area contributed by atoms with E-state index in [1.54, 1.807) is 0 Å². The molecule has 1 aromatic rings. The van der Waals surface area contributed by atoms with E-state index >= 15 is 0 Å². The molecule has 1 rings (SSSR count). The van der Waals surface area contributed by atoms with Crippen LogP contribution in [-0.2, 0) is 0 Å². The Hall–Kier alpha value is -0.280. The van der Waals surface area contributed by atoms with Gasteiger partial charge in [0.05, 0.1) is 0 Å². The Labute approximate surface area is 98.1 Å². The van der Waals surface area contributed by atoms with Crippen molar-refractivity contribution in [3.05, 3.63) is 35.9 Å². The van der Waals surface area contributed by atoms with Gasteiger partial charge in [0.15, 0.2) is 0 Å². The topological polar surface area (TPSA) is 38.0 Å². The van der Waals surface area contributed by atoms with Gasteiger partial charge in [-0.1, -0.05) is 30.3 Å². The molecule has 0 aliphatic rings. The van der Waals surface area contributed by atoms with E-state index in [4.69, 9.17) is 5.73 Å². The van der Waals surface area contributed by atoms with Crippen LogP contribution in [0.3, 0.4) is 0 Å². The Bertz CT molecular complexity index is 229. The first-order valence-corrected chi connectivity index (χ1v) is 4.23. The van der Waals surface area contributed by atoms with Gasteiger partial charge in [-0.2, -0.15) is 0 Å². The Morgan fingerprint density at radius 1 is 1.14 bits per heavy atom. The van der Waals surface area contributed by atoms with Gasteiger partial charge in [0.25, 0.3) is 0 Å². The minimum Gasteiger partial charge on any atom is -0.323 e. The van der Waals surface area contributed by atoms with Gasteiger partial charge < -0.3 is 11.1 Å². The first-order valence-electron chi connectivity index (χ1n) is 4.23. The van der Waals surface area contributed by atoms with Gasteiger partial charge in [-0.3, -0.25) is 0 Å². The zero-order valence-electron chi connectivity index (χ0n) is 8.44. The summed E-state index contributed by atoms with van der Waals surface area (Å²) < 4.78 is 0. The molecule has 0 fully saturated rings. The van der Waals surface area contributed by atoms with Crippen LogP contribution in [0.1, 0.15) is 18.5 Å². The number of nitrogens with two attached hydrogens (primary N) is 1. The molecule has 0 bridgehead atoms. The molecule has 0 saturated carbocycles. The SMILES string of the molecule is CNC(C)C(N)c1ccccc1.Cl.Cl. The van der Waals surface area contributed by atoms with E-state index in [2.05, 4.69) is 24.4 Å². The molecular formula is C10H18Cl2N2. The number of benzene rings is 1. The van der Waals surface area contributed by atoms with Crippen molar-refractivity contribution in [3.63, 3.8) is 0 Å². The summed E-state index contributed by atoms with van der Waals surface area (Å²) in [7, 11) is 1.92. The maximum Gasteiger partial charge on any atom is 0.0448 e. The molecule has 14 heavy (non-hydrogen) atoms.